The van der Waals surface area contributed by atoms with E-state index in [2.05, 4.69) is 9.97 Å². The maximum absolute atomic E-state index is 3.97. The molecule has 2 aromatic rings. The number of pyridine rings is 2. The second-order valence-corrected chi connectivity index (χ2v) is 3.66. The van der Waals surface area contributed by atoms with Crippen molar-refractivity contribution in [2.75, 3.05) is 0 Å². The molecule has 0 aliphatic carbocycles. The van der Waals surface area contributed by atoms with E-state index in [0.29, 0.717) is 0 Å². The Labute approximate surface area is 107 Å². The summed E-state index contributed by atoms with van der Waals surface area (Å²) in [6.07, 6.45) is 19.2. The van der Waals surface area contributed by atoms with E-state index in [1.54, 1.807) is 24.8 Å². The molecule has 0 amide bonds. The highest BCUT2D eigenvalue weighted by Crippen LogP contribution is 2.00. The Kier molecular flexibility index (Phi) is 4.64. The summed E-state index contributed by atoms with van der Waals surface area (Å²) in [6.45, 7) is 0. The van der Waals surface area contributed by atoms with E-state index < -0.39 is 0 Å². The van der Waals surface area contributed by atoms with Gasteiger partial charge in [-0.25, -0.2) is 0 Å². The molecule has 0 bridgehead atoms. The van der Waals surface area contributed by atoms with Crippen LogP contribution < -0.4 is 0 Å². The van der Waals surface area contributed by atoms with Gasteiger partial charge in [-0.1, -0.05) is 36.5 Å². The standard InChI is InChI=1S/C16H14N2/c1(3-5-15-7-11-17-12-8-15)2-4-6-16-9-13-18-14-10-16/h1-14H/b2-1+,5-3+,6-4?. The predicted molar refractivity (Wildman–Crippen MR) is 75.7 cm³/mol. The van der Waals surface area contributed by atoms with Crippen molar-refractivity contribution in [2.24, 2.45) is 0 Å². The smallest absolute Gasteiger partial charge is 0.0273 e. The molecule has 0 radical (unpaired) electrons. The van der Waals surface area contributed by atoms with Gasteiger partial charge in [-0.05, 0) is 35.4 Å². The van der Waals surface area contributed by atoms with E-state index in [0.717, 1.165) is 11.1 Å². The molecule has 88 valence electrons. The summed E-state index contributed by atoms with van der Waals surface area (Å²) in [5, 5.41) is 0. The molecule has 0 fully saturated rings. The maximum atomic E-state index is 3.97. The number of aromatic nitrogens is 2. The van der Waals surface area contributed by atoms with Gasteiger partial charge >= 0.3 is 0 Å². The lowest BCUT2D eigenvalue weighted by Crippen LogP contribution is -1.71. The SMILES string of the molecule is C(=Cc1ccncc1)/C=C/C=C/c1ccncc1. The summed E-state index contributed by atoms with van der Waals surface area (Å²) < 4.78 is 0. The molecule has 0 spiro atoms. The molecular weight excluding hydrogens is 220 g/mol. The molecule has 0 aliphatic rings. The fraction of sp³-hybridized carbons (Fsp3) is 0. The first-order chi connectivity index (χ1) is 8.95. The third-order valence-electron chi connectivity index (χ3n) is 2.32. The summed E-state index contributed by atoms with van der Waals surface area (Å²) in [7, 11) is 0. The van der Waals surface area contributed by atoms with Crippen molar-refractivity contribution in [3.8, 4) is 0 Å². The lowest BCUT2D eigenvalue weighted by Gasteiger charge is -1.88. The summed E-state index contributed by atoms with van der Waals surface area (Å²) in [5.74, 6) is 0. The van der Waals surface area contributed by atoms with Gasteiger partial charge in [0.25, 0.3) is 0 Å². The number of nitrogens with zero attached hydrogens (tertiary/aromatic N) is 2. The van der Waals surface area contributed by atoms with Gasteiger partial charge < -0.3 is 0 Å². The van der Waals surface area contributed by atoms with Gasteiger partial charge in [-0.2, -0.15) is 0 Å². The Morgan fingerprint density at radius 3 is 1.33 bits per heavy atom. The van der Waals surface area contributed by atoms with E-state index in [1.165, 1.54) is 0 Å². The quantitative estimate of drug-likeness (QED) is 0.753. The van der Waals surface area contributed by atoms with Crippen LogP contribution in [0.4, 0.5) is 0 Å². The molecular formula is C16H14N2. The van der Waals surface area contributed by atoms with Gasteiger partial charge in [-0.15, -0.1) is 0 Å². The molecule has 0 unspecified atom stereocenters. The molecule has 2 aromatic heterocycles. The lowest BCUT2D eigenvalue weighted by molar-refractivity contribution is 1.32. The molecule has 0 N–H and O–H groups in total. The first kappa shape index (κ1) is 12.0. The Balaban J connectivity index is 1.86. The minimum atomic E-state index is 1.15. The van der Waals surface area contributed by atoms with Gasteiger partial charge in [0.05, 0.1) is 0 Å². The highest BCUT2D eigenvalue weighted by Gasteiger charge is 1.81. The van der Waals surface area contributed by atoms with Crippen LogP contribution in [0.15, 0.2) is 73.4 Å². The van der Waals surface area contributed by atoms with Crippen LogP contribution in [0.2, 0.25) is 0 Å². The van der Waals surface area contributed by atoms with Crippen LogP contribution in [0.25, 0.3) is 12.2 Å². The average molecular weight is 234 g/mol. The van der Waals surface area contributed by atoms with E-state index in [4.69, 9.17) is 0 Å². The highest BCUT2D eigenvalue weighted by atomic mass is 14.6. The molecule has 2 nitrogen and oxygen atoms in total. The van der Waals surface area contributed by atoms with Gasteiger partial charge in [0.2, 0.25) is 0 Å². The topological polar surface area (TPSA) is 25.8 Å². The third-order valence-corrected chi connectivity index (χ3v) is 2.32. The second-order valence-electron chi connectivity index (χ2n) is 3.66. The molecule has 2 heteroatoms. The molecule has 0 saturated carbocycles. The molecule has 0 atom stereocenters. The van der Waals surface area contributed by atoms with Crippen molar-refractivity contribution in [2.45, 2.75) is 0 Å². The molecule has 0 aliphatic heterocycles. The molecule has 18 heavy (non-hydrogen) atoms. The van der Waals surface area contributed by atoms with Crippen molar-refractivity contribution in [3.63, 3.8) is 0 Å². The largest absolute Gasteiger partial charge is 0.265 e. The Bertz CT molecular complexity index is 488. The van der Waals surface area contributed by atoms with Crippen molar-refractivity contribution in [1.29, 1.82) is 0 Å². The molecule has 2 rings (SSSR count). The Morgan fingerprint density at radius 1 is 0.556 bits per heavy atom. The van der Waals surface area contributed by atoms with Gasteiger partial charge in [0.15, 0.2) is 0 Å². The van der Waals surface area contributed by atoms with Crippen molar-refractivity contribution in [3.05, 3.63) is 84.5 Å². The zero-order valence-corrected chi connectivity index (χ0v) is 9.98. The Hall–Kier alpha value is -2.48. The van der Waals surface area contributed by atoms with Crippen LogP contribution >= 0.6 is 0 Å². The fourth-order valence-corrected chi connectivity index (χ4v) is 1.41. The summed E-state index contributed by atoms with van der Waals surface area (Å²) >= 11 is 0. The summed E-state index contributed by atoms with van der Waals surface area (Å²) in [4.78, 5) is 7.94. The second kappa shape index (κ2) is 6.97. The van der Waals surface area contributed by atoms with Gasteiger partial charge in [0.1, 0.15) is 0 Å². The number of hydrogen-bond donors (Lipinski definition) is 0. The van der Waals surface area contributed by atoms with E-state index >= 15 is 0 Å². The minimum absolute atomic E-state index is 1.15. The lowest BCUT2D eigenvalue weighted by atomic mass is 10.2. The number of rotatable bonds is 4. The Morgan fingerprint density at radius 2 is 0.944 bits per heavy atom. The average Bonchev–Trinajstić information content (AvgIpc) is 2.45. The minimum Gasteiger partial charge on any atom is -0.265 e. The zero-order chi connectivity index (χ0) is 12.5. The molecule has 0 saturated heterocycles. The van der Waals surface area contributed by atoms with Crippen LogP contribution in [0.5, 0.6) is 0 Å². The highest BCUT2D eigenvalue weighted by molar-refractivity contribution is 5.52. The van der Waals surface area contributed by atoms with Gasteiger partial charge in [-0.3, -0.25) is 9.97 Å². The maximum Gasteiger partial charge on any atom is 0.0273 e. The normalized spacial score (nSPS) is 11.8. The predicted octanol–water partition coefficient (Wildman–Crippen LogP) is 3.76. The van der Waals surface area contributed by atoms with Crippen molar-refractivity contribution >= 4 is 12.2 Å². The first-order valence-electron chi connectivity index (χ1n) is 5.76. The van der Waals surface area contributed by atoms with Crippen LogP contribution in [-0.4, -0.2) is 9.97 Å². The summed E-state index contributed by atoms with van der Waals surface area (Å²) in [5.41, 5.74) is 2.29. The fourth-order valence-electron chi connectivity index (χ4n) is 1.41. The molecule has 0 aromatic carbocycles. The third kappa shape index (κ3) is 4.18. The van der Waals surface area contributed by atoms with Crippen molar-refractivity contribution in [1.82, 2.24) is 9.97 Å². The van der Waals surface area contributed by atoms with Crippen LogP contribution in [0.3, 0.4) is 0 Å². The zero-order valence-electron chi connectivity index (χ0n) is 9.98. The number of allylic oxidation sites excluding steroid dienone is 4. The van der Waals surface area contributed by atoms with E-state index in [9.17, 15) is 0 Å². The monoisotopic (exact) mass is 234 g/mol. The molecule has 2 heterocycles. The van der Waals surface area contributed by atoms with Crippen LogP contribution in [0.1, 0.15) is 11.1 Å². The van der Waals surface area contributed by atoms with Crippen molar-refractivity contribution < 1.29 is 0 Å². The van der Waals surface area contributed by atoms with E-state index in [-0.39, 0.29) is 0 Å². The number of hydrogen-bond acceptors (Lipinski definition) is 2. The van der Waals surface area contributed by atoms with Crippen LogP contribution in [0, 0.1) is 0 Å². The summed E-state index contributed by atoms with van der Waals surface area (Å²) in [6, 6.07) is 7.88. The van der Waals surface area contributed by atoms with E-state index in [1.807, 2.05) is 60.7 Å². The first-order valence-corrected chi connectivity index (χ1v) is 5.76. The van der Waals surface area contributed by atoms with Gasteiger partial charge in [0, 0.05) is 24.8 Å². The van der Waals surface area contributed by atoms with Crippen LogP contribution in [-0.2, 0) is 0 Å².